The Balaban J connectivity index is 1.33. The summed E-state index contributed by atoms with van der Waals surface area (Å²) in [6, 6.07) is 9.76. The topological polar surface area (TPSA) is 66.6 Å². The van der Waals surface area contributed by atoms with E-state index in [1.165, 1.54) is 6.33 Å². The third-order valence-corrected chi connectivity index (χ3v) is 6.02. The maximum Gasteiger partial charge on any atom is 0.254 e. The lowest BCUT2D eigenvalue weighted by Crippen LogP contribution is -2.52. The monoisotopic (exact) mass is 396 g/mol. The van der Waals surface area contributed by atoms with Gasteiger partial charge in [0.1, 0.15) is 12.1 Å². The Morgan fingerprint density at radius 3 is 2.64 bits per heavy atom. The van der Waals surface area contributed by atoms with Crippen LogP contribution >= 0.6 is 11.6 Å². The third-order valence-electron chi connectivity index (χ3n) is 5.79. The zero-order valence-corrected chi connectivity index (χ0v) is 16.4. The van der Waals surface area contributed by atoms with Gasteiger partial charge in [0, 0.05) is 43.0 Å². The summed E-state index contributed by atoms with van der Waals surface area (Å²) in [5.41, 5.74) is 1.58. The first-order valence-electron chi connectivity index (χ1n) is 9.55. The van der Waals surface area contributed by atoms with Crippen molar-refractivity contribution in [3.63, 3.8) is 0 Å². The molecule has 7 nitrogen and oxygen atoms in total. The molecule has 3 aromatic rings. The van der Waals surface area contributed by atoms with E-state index in [0.717, 1.165) is 43.0 Å². The van der Waals surface area contributed by atoms with E-state index >= 15 is 0 Å². The highest BCUT2D eigenvalue weighted by Gasteiger charge is 2.53. The molecule has 2 aliphatic rings. The maximum absolute atomic E-state index is 13.3. The number of nitrogens with zero attached hydrogens (tertiary/aromatic N) is 6. The van der Waals surface area contributed by atoms with Crippen LogP contribution in [0.4, 0.5) is 5.82 Å². The first-order chi connectivity index (χ1) is 13.6. The van der Waals surface area contributed by atoms with Gasteiger partial charge in [-0.3, -0.25) is 4.79 Å². The Morgan fingerprint density at radius 2 is 1.93 bits per heavy atom. The minimum Gasteiger partial charge on any atom is -0.353 e. The van der Waals surface area contributed by atoms with E-state index in [1.54, 1.807) is 4.52 Å². The molecule has 1 saturated carbocycles. The van der Waals surface area contributed by atoms with Crippen LogP contribution in [0.3, 0.4) is 0 Å². The molecule has 3 heterocycles. The van der Waals surface area contributed by atoms with Crippen molar-refractivity contribution in [1.29, 1.82) is 0 Å². The number of hydrogen-bond donors (Lipinski definition) is 0. The molecule has 0 bridgehead atoms. The van der Waals surface area contributed by atoms with Crippen molar-refractivity contribution in [2.24, 2.45) is 0 Å². The van der Waals surface area contributed by atoms with Gasteiger partial charge in [0.05, 0.1) is 5.41 Å². The lowest BCUT2D eigenvalue weighted by atomic mass is 9.94. The first kappa shape index (κ1) is 17.4. The Hall–Kier alpha value is -2.67. The zero-order valence-electron chi connectivity index (χ0n) is 15.7. The van der Waals surface area contributed by atoms with E-state index in [9.17, 15) is 4.79 Å². The molecule has 1 aromatic carbocycles. The molecular formula is C20H21ClN6O. The van der Waals surface area contributed by atoms with Crippen molar-refractivity contribution in [3.05, 3.63) is 52.9 Å². The van der Waals surface area contributed by atoms with E-state index in [-0.39, 0.29) is 11.3 Å². The van der Waals surface area contributed by atoms with Crippen LogP contribution < -0.4 is 4.90 Å². The Kier molecular flexibility index (Phi) is 4.01. The van der Waals surface area contributed by atoms with Crippen LogP contribution in [-0.4, -0.2) is 56.6 Å². The Morgan fingerprint density at radius 1 is 1.14 bits per heavy atom. The predicted octanol–water partition coefficient (Wildman–Crippen LogP) is 2.47. The van der Waals surface area contributed by atoms with Gasteiger partial charge in [-0.15, -0.1) is 0 Å². The minimum absolute atomic E-state index is 0.228. The van der Waals surface area contributed by atoms with Gasteiger partial charge in [-0.2, -0.15) is 14.6 Å². The number of carbonyl (C=O) groups is 1. The fraction of sp³-hybridized carbons (Fsp3) is 0.400. The second kappa shape index (κ2) is 6.44. The van der Waals surface area contributed by atoms with Crippen LogP contribution in [0.2, 0.25) is 5.02 Å². The number of halogens is 1. The summed E-state index contributed by atoms with van der Waals surface area (Å²) in [5, 5.41) is 4.98. The van der Waals surface area contributed by atoms with Crippen molar-refractivity contribution < 1.29 is 4.79 Å². The summed E-state index contributed by atoms with van der Waals surface area (Å²) < 4.78 is 1.76. The third kappa shape index (κ3) is 2.81. The van der Waals surface area contributed by atoms with Crippen LogP contribution in [-0.2, 0) is 10.2 Å². The number of aryl methyl sites for hydroxylation is 1. The standard InChI is InChI=1S/C20H21ClN6O/c1-14-11-17(27-19(24-14)22-13-23-27)25-7-9-26(10-8-25)18(28)20(5-6-20)15-3-2-4-16(21)12-15/h2-4,11-13H,5-10H2,1H3. The summed E-state index contributed by atoms with van der Waals surface area (Å²) in [7, 11) is 0. The van der Waals surface area contributed by atoms with Crippen LogP contribution in [0, 0.1) is 6.92 Å². The van der Waals surface area contributed by atoms with Crippen LogP contribution in [0.1, 0.15) is 24.1 Å². The number of carbonyl (C=O) groups excluding carboxylic acids is 1. The van der Waals surface area contributed by atoms with Crippen molar-refractivity contribution >= 4 is 29.1 Å². The van der Waals surface area contributed by atoms with E-state index in [1.807, 2.05) is 42.2 Å². The van der Waals surface area contributed by atoms with Gasteiger partial charge in [-0.25, -0.2) is 4.98 Å². The van der Waals surface area contributed by atoms with Crippen LogP contribution in [0.15, 0.2) is 36.7 Å². The van der Waals surface area contributed by atoms with E-state index < -0.39 is 0 Å². The number of hydrogen-bond acceptors (Lipinski definition) is 5. The molecule has 144 valence electrons. The molecule has 0 atom stereocenters. The van der Waals surface area contributed by atoms with Crippen LogP contribution in [0.25, 0.3) is 5.78 Å². The van der Waals surface area contributed by atoms with Crippen molar-refractivity contribution in [2.45, 2.75) is 25.2 Å². The molecule has 0 spiro atoms. The molecule has 2 aromatic heterocycles. The Bertz CT molecular complexity index is 1050. The summed E-state index contributed by atoms with van der Waals surface area (Å²) >= 11 is 6.16. The van der Waals surface area contributed by atoms with E-state index in [0.29, 0.717) is 23.9 Å². The number of aromatic nitrogens is 4. The summed E-state index contributed by atoms with van der Waals surface area (Å²) in [5.74, 6) is 1.81. The molecule has 1 saturated heterocycles. The molecule has 2 fully saturated rings. The number of benzene rings is 1. The molecule has 0 unspecified atom stereocenters. The first-order valence-corrected chi connectivity index (χ1v) is 9.92. The molecular weight excluding hydrogens is 376 g/mol. The van der Waals surface area contributed by atoms with Crippen molar-refractivity contribution in [2.75, 3.05) is 31.1 Å². The lowest BCUT2D eigenvalue weighted by Gasteiger charge is -2.37. The number of fused-ring (bicyclic) bond motifs is 1. The highest BCUT2D eigenvalue weighted by Crippen LogP contribution is 2.50. The van der Waals surface area contributed by atoms with Gasteiger partial charge < -0.3 is 9.80 Å². The van der Waals surface area contributed by atoms with Gasteiger partial charge in [-0.05, 0) is 37.5 Å². The second-order valence-corrected chi connectivity index (χ2v) is 8.04. The number of amides is 1. The summed E-state index contributed by atoms with van der Waals surface area (Å²) in [6.07, 6.45) is 3.32. The Labute approximate surface area is 167 Å². The highest BCUT2D eigenvalue weighted by molar-refractivity contribution is 6.30. The zero-order chi connectivity index (χ0) is 19.3. The molecule has 28 heavy (non-hydrogen) atoms. The van der Waals surface area contributed by atoms with Gasteiger partial charge in [0.15, 0.2) is 0 Å². The summed E-state index contributed by atoms with van der Waals surface area (Å²) in [4.78, 5) is 26.1. The normalized spacial score (nSPS) is 18.5. The van der Waals surface area contributed by atoms with Gasteiger partial charge >= 0.3 is 0 Å². The second-order valence-electron chi connectivity index (χ2n) is 7.60. The molecule has 1 aliphatic carbocycles. The average Bonchev–Trinajstić information content (AvgIpc) is 3.39. The van der Waals surface area contributed by atoms with Crippen LogP contribution in [0.5, 0.6) is 0 Å². The largest absolute Gasteiger partial charge is 0.353 e. The average molecular weight is 397 g/mol. The molecule has 0 radical (unpaired) electrons. The number of rotatable bonds is 3. The minimum atomic E-state index is -0.376. The predicted molar refractivity (Wildman–Crippen MR) is 107 cm³/mol. The number of anilines is 1. The quantitative estimate of drug-likeness (QED) is 0.680. The van der Waals surface area contributed by atoms with Gasteiger partial charge in [-0.1, -0.05) is 23.7 Å². The highest BCUT2D eigenvalue weighted by atomic mass is 35.5. The van der Waals surface area contributed by atoms with Gasteiger partial charge in [0.2, 0.25) is 5.91 Å². The van der Waals surface area contributed by atoms with Crippen molar-refractivity contribution in [3.8, 4) is 0 Å². The maximum atomic E-state index is 13.3. The van der Waals surface area contributed by atoms with Crippen molar-refractivity contribution in [1.82, 2.24) is 24.5 Å². The van der Waals surface area contributed by atoms with Gasteiger partial charge in [0.25, 0.3) is 5.78 Å². The summed E-state index contributed by atoms with van der Waals surface area (Å²) in [6.45, 7) is 4.86. The number of piperazine rings is 1. The van der Waals surface area contributed by atoms with E-state index in [2.05, 4.69) is 20.0 Å². The molecule has 8 heteroatoms. The molecule has 0 N–H and O–H groups in total. The molecule has 1 amide bonds. The molecule has 1 aliphatic heterocycles. The van der Waals surface area contributed by atoms with E-state index in [4.69, 9.17) is 11.6 Å². The molecule has 5 rings (SSSR count). The fourth-order valence-electron chi connectivity index (χ4n) is 4.11. The fourth-order valence-corrected chi connectivity index (χ4v) is 4.31. The smallest absolute Gasteiger partial charge is 0.254 e. The SMILES string of the molecule is Cc1cc(N2CCN(C(=O)C3(c4cccc(Cl)c4)CC3)CC2)n2ncnc2n1. The lowest BCUT2D eigenvalue weighted by molar-refractivity contribution is -0.134.